The van der Waals surface area contributed by atoms with E-state index in [1.165, 1.54) is 21.6 Å². The summed E-state index contributed by atoms with van der Waals surface area (Å²) in [5.74, 6) is 0.947. The van der Waals surface area contributed by atoms with Gasteiger partial charge in [-0.1, -0.05) is 55.3 Å². The minimum atomic E-state index is 0. The molecule has 1 nitrogen and oxygen atoms in total. The summed E-state index contributed by atoms with van der Waals surface area (Å²) in [7, 11) is 0. The van der Waals surface area contributed by atoms with Crippen molar-refractivity contribution in [3.05, 3.63) is 66.0 Å². The molecule has 0 aliphatic carbocycles. The molecule has 4 heteroatoms. The number of unbranched alkanes of at least 4 members (excludes halogenated alkanes) is 1. The number of hydrogen-bond donors (Lipinski definition) is 0. The molecule has 0 N–H and O–H groups in total. The maximum absolute atomic E-state index is 5.70. The Morgan fingerprint density at radius 1 is 0.875 bits per heavy atom. The second-order valence-electron chi connectivity index (χ2n) is 5.22. The van der Waals surface area contributed by atoms with Gasteiger partial charge in [-0.3, -0.25) is 11.3 Å². The van der Waals surface area contributed by atoms with Gasteiger partial charge in [0.25, 0.3) is 0 Å². The van der Waals surface area contributed by atoms with Gasteiger partial charge < -0.3 is 21.7 Å². The molecule has 0 bridgehead atoms. The standard InChI is InChI=1S/C20H19OS.BrH.Zn/c1-2-3-14-21-19-12-10-17(11-13-19)16-6-8-18(9-7-16)20-5-4-15-22-20;;/h4-13H,2-3,14H2,1H3;1H;/q-1;;+2/p-1. The van der Waals surface area contributed by atoms with E-state index in [1.807, 2.05) is 18.2 Å². The van der Waals surface area contributed by atoms with Crippen LogP contribution >= 0.6 is 11.3 Å². The summed E-state index contributed by atoms with van der Waals surface area (Å²) in [5.41, 5.74) is 3.69. The van der Waals surface area contributed by atoms with Gasteiger partial charge in [0.05, 0.1) is 6.61 Å². The summed E-state index contributed by atoms with van der Waals surface area (Å²) in [5, 5.41) is 3.13. The molecule has 0 aliphatic rings. The fourth-order valence-corrected chi connectivity index (χ4v) is 2.95. The molecule has 2 aromatic carbocycles. The van der Waals surface area contributed by atoms with Gasteiger partial charge >= 0.3 is 19.5 Å². The zero-order valence-corrected chi connectivity index (χ0v) is 19.2. The number of rotatable bonds is 6. The van der Waals surface area contributed by atoms with Crippen LogP contribution < -0.4 is 21.7 Å². The van der Waals surface area contributed by atoms with E-state index in [0.29, 0.717) is 0 Å². The fraction of sp³-hybridized carbons (Fsp3) is 0.200. The molecular weight excluding hydrogens is 434 g/mol. The number of thiophene rings is 1. The van der Waals surface area contributed by atoms with Crippen LogP contribution in [0, 0.1) is 5.38 Å². The van der Waals surface area contributed by atoms with Crippen LogP contribution in [0.4, 0.5) is 0 Å². The molecule has 0 spiro atoms. The van der Waals surface area contributed by atoms with Crippen LogP contribution in [0.25, 0.3) is 21.6 Å². The van der Waals surface area contributed by atoms with E-state index in [4.69, 9.17) is 4.74 Å². The molecule has 0 saturated heterocycles. The van der Waals surface area contributed by atoms with Crippen molar-refractivity contribution in [2.45, 2.75) is 19.8 Å². The van der Waals surface area contributed by atoms with Crippen LogP contribution in [-0.2, 0) is 19.5 Å². The summed E-state index contributed by atoms with van der Waals surface area (Å²) < 4.78 is 5.70. The van der Waals surface area contributed by atoms with Gasteiger partial charge in [0, 0.05) is 0 Å². The van der Waals surface area contributed by atoms with E-state index in [2.05, 4.69) is 54.8 Å². The predicted octanol–water partition coefficient (Wildman–Crippen LogP) is 3.06. The first-order chi connectivity index (χ1) is 10.9. The maximum atomic E-state index is 5.70. The van der Waals surface area contributed by atoms with E-state index in [-0.39, 0.29) is 36.5 Å². The normalized spacial score (nSPS) is 9.71. The number of halogens is 1. The van der Waals surface area contributed by atoms with Crippen LogP contribution in [-0.4, -0.2) is 6.61 Å². The number of benzene rings is 2. The molecule has 120 valence electrons. The van der Waals surface area contributed by atoms with Crippen LogP contribution in [0.3, 0.4) is 0 Å². The van der Waals surface area contributed by atoms with Crippen molar-refractivity contribution in [1.82, 2.24) is 0 Å². The smallest absolute Gasteiger partial charge is 1.00 e. The topological polar surface area (TPSA) is 9.23 Å². The van der Waals surface area contributed by atoms with Crippen molar-refractivity contribution < 1.29 is 41.2 Å². The monoisotopic (exact) mass is 450 g/mol. The Morgan fingerprint density at radius 2 is 1.46 bits per heavy atom. The molecule has 3 aromatic rings. The van der Waals surface area contributed by atoms with Crippen molar-refractivity contribution in [3.63, 3.8) is 0 Å². The quantitative estimate of drug-likeness (QED) is 0.317. The Hall–Kier alpha value is -0.957. The summed E-state index contributed by atoms with van der Waals surface area (Å²) in [6, 6.07) is 21.1. The molecule has 0 aliphatic heterocycles. The van der Waals surface area contributed by atoms with E-state index < -0.39 is 0 Å². The first-order valence-electron chi connectivity index (χ1n) is 7.66. The molecule has 1 heterocycles. The first kappa shape index (κ1) is 21.1. The molecule has 0 radical (unpaired) electrons. The van der Waals surface area contributed by atoms with Gasteiger partial charge in [0.2, 0.25) is 0 Å². The minimum Gasteiger partial charge on any atom is -1.00 e. The van der Waals surface area contributed by atoms with Crippen LogP contribution in [0.5, 0.6) is 5.75 Å². The maximum Gasteiger partial charge on any atom is 2.00 e. The largest absolute Gasteiger partial charge is 2.00 e. The molecule has 0 unspecified atom stereocenters. The van der Waals surface area contributed by atoms with E-state index in [9.17, 15) is 0 Å². The van der Waals surface area contributed by atoms with E-state index in [0.717, 1.165) is 25.2 Å². The number of ether oxygens (including phenoxy) is 1. The van der Waals surface area contributed by atoms with Gasteiger partial charge in [0.1, 0.15) is 5.75 Å². The van der Waals surface area contributed by atoms with Gasteiger partial charge in [-0.15, -0.1) is 10.3 Å². The zero-order chi connectivity index (χ0) is 15.2. The third-order valence-electron chi connectivity index (χ3n) is 3.60. The third kappa shape index (κ3) is 5.55. The van der Waals surface area contributed by atoms with Crippen molar-refractivity contribution in [1.29, 1.82) is 0 Å². The van der Waals surface area contributed by atoms with E-state index in [1.54, 1.807) is 11.3 Å². The summed E-state index contributed by atoms with van der Waals surface area (Å²) in [6.07, 6.45) is 2.26. The Morgan fingerprint density at radius 3 is 2.00 bits per heavy atom. The summed E-state index contributed by atoms with van der Waals surface area (Å²) >= 11 is 1.65. The first-order valence-corrected chi connectivity index (χ1v) is 8.48. The van der Waals surface area contributed by atoms with Gasteiger partial charge in [-0.2, -0.15) is 12.1 Å². The van der Waals surface area contributed by atoms with Gasteiger partial charge in [-0.05, 0) is 29.7 Å². The van der Waals surface area contributed by atoms with E-state index >= 15 is 0 Å². The van der Waals surface area contributed by atoms with Crippen molar-refractivity contribution in [2.75, 3.05) is 6.61 Å². The molecule has 0 atom stereocenters. The van der Waals surface area contributed by atoms with Crippen molar-refractivity contribution >= 4 is 11.3 Å². The molecule has 0 saturated carbocycles. The molecule has 0 fully saturated rings. The molecular formula is C20H19BrOSZn. The second kappa shape index (κ2) is 10.8. The molecule has 0 amide bonds. The van der Waals surface area contributed by atoms with Gasteiger partial charge in [0.15, 0.2) is 0 Å². The third-order valence-corrected chi connectivity index (χ3v) is 4.44. The van der Waals surface area contributed by atoms with Crippen molar-refractivity contribution in [2.24, 2.45) is 0 Å². The molecule has 1 aromatic heterocycles. The Balaban J connectivity index is 0.00000144. The molecule has 24 heavy (non-hydrogen) atoms. The van der Waals surface area contributed by atoms with Crippen molar-refractivity contribution in [3.8, 4) is 27.3 Å². The summed E-state index contributed by atoms with van der Waals surface area (Å²) in [4.78, 5) is 1.26. The Labute approximate surface area is 171 Å². The van der Waals surface area contributed by atoms with Crippen LogP contribution in [0.15, 0.2) is 60.7 Å². The van der Waals surface area contributed by atoms with Crippen LogP contribution in [0.2, 0.25) is 0 Å². The SMILES string of the molecule is CCCCOc1ccc(-c2ccc(-c3cc[c-]s3)cc2)cc1.[Br-].[Zn+2]. The fourth-order valence-electron chi connectivity index (χ4n) is 2.30. The average Bonchev–Trinajstić information content (AvgIpc) is 3.11. The second-order valence-corrected chi connectivity index (χ2v) is 6.10. The predicted molar refractivity (Wildman–Crippen MR) is 94.4 cm³/mol. The Bertz CT molecular complexity index is 694. The molecule has 3 rings (SSSR count). The summed E-state index contributed by atoms with van der Waals surface area (Å²) in [6.45, 7) is 2.96. The Kier molecular flexibility index (Phi) is 9.50. The van der Waals surface area contributed by atoms with Gasteiger partial charge in [-0.25, -0.2) is 0 Å². The van der Waals surface area contributed by atoms with Crippen LogP contribution in [0.1, 0.15) is 19.8 Å². The zero-order valence-electron chi connectivity index (χ0n) is 13.8. The number of hydrogen-bond acceptors (Lipinski definition) is 2. The minimum absolute atomic E-state index is 0. The average molecular weight is 453 g/mol.